The number of rotatable bonds is 5. The van der Waals surface area contributed by atoms with Crippen molar-refractivity contribution in [2.24, 2.45) is 10.9 Å². The molecule has 1 fully saturated rings. The Kier molecular flexibility index (Phi) is 3.95. The van der Waals surface area contributed by atoms with Gasteiger partial charge in [-0.25, -0.2) is 0 Å². The molecule has 0 atom stereocenters. The van der Waals surface area contributed by atoms with Gasteiger partial charge in [-0.05, 0) is 25.7 Å². The van der Waals surface area contributed by atoms with Gasteiger partial charge in [0, 0.05) is 20.1 Å². The molecule has 0 radical (unpaired) electrons. The van der Waals surface area contributed by atoms with Crippen molar-refractivity contribution < 1.29 is 0 Å². The summed E-state index contributed by atoms with van der Waals surface area (Å²) in [5, 5.41) is 14.5. The summed E-state index contributed by atoms with van der Waals surface area (Å²) in [6, 6.07) is 0. The molecule has 1 heterocycles. The molecule has 2 N–H and O–H groups in total. The van der Waals surface area contributed by atoms with Crippen LogP contribution < -0.4 is 10.6 Å². The number of aliphatic imine (C=N–C) groups is 1. The highest BCUT2D eigenvalue weighted by Crippen LogP contribution is 2.27. The van der Waals surface area contributed by atoms with Crippen molar-refractivity contribution in [1.82, 2.24) is 25.4 Å². The van der Waals surface area contributed by atoms with Crippen LogP contribution in [0.4, 0.5) is 0 Å². The first-order valence-electron chi connectivity index (χ1n) is 6.14. The van der Waals surface area contributed by atoms with E-state index in [0.717, 1.165) is 30.8 Å². The minimum atomic E-state index is 0.651. The van der Waals surface area contributed by atoms with Gasteiger partial charge < -0.3 is 15.2 Å². The van der Waals surface area contributed by atoms with Crippen molar-refractivity contribution in [2.75, 3.05) is 13.6 Å². The fraction of sp³-hybridized carbons (Fsp3) is 0.727. The highest BCUT2D eigenvalue weighted by molar-refractivity contribution is 5.79. The van der Waals surface area contributed by atoms with E-state index in [1.807, 2.05) is 4.57 Å². The van der Waals surface area contributed by atoms with Crippen molar-refractivity contribution in [3.63, 3.8) is 0 Å². The number of nitrogens with zero attached hydrogens (tertiary/aromatic N) is 4. The highest BCUT2D eigenvalue weighted by Gasteiger charge is 2.21. The van der Waals surface area contributed by atoms with Crippen LogP contribution in [0.2, 0.25) is 0 Å². The van der Waals surface area contributed by atoms with E-state index in [1.54, 1.807) is 13.4 Å². The topological polar surface area (TPSA) is 67.1 Å². The lowest BCUT2D eigenvalue weighted by Crippen LogP contribution is -2.38. The molecular weight excluding hydrogens is 216 g/mol. The predicted molar refractivity (Wildman–Crippen MR) is 66.6 cm³/mol. The van der Waals surface area contributed by atoms with E-state index < -0.39 is 0 Å². The Bertz CT molecular complexity index is 379. The molecule has 6 nitrogen and oxygen atoms in total. The lowest BCUT2D eigenvalue weighted by atomic mass is 10.4. The van der Waals surface area contributed by atoms with E-state index in [4.69, 9.17) is 0 Å². The second-order valence-corrected chi connectivity index (χ2v) is 4.28. The summed E-state index contributed by atoms with van der Waals surface area (Å²) >= 11 is 0. The lowest BCUT2D eigenvalue weighted by Gasteiger charge is -2.11. The van der Waals surface area contributed by atoms with Crippen LogP contribution in [0.25, 0.3) is 0 Å². The second-order valence-electron chi connectivity index (χ2n) is 4.28. The molecule has 94 valence electrons. The SMILES string of the molecule is CCn1cnnc1CNC(=NC)NCC1CC1. The monoisotopic (exact) mass is 236 g/mol. The van der Waals surface area contributed by atoms with Crippen molar-refractivity contribution in [2.45, 2.75) is 32.9 Å². The van der Waals surface area contributed by atoms with E-state index in [0.29, 0.717) is 6.54 Å². The zero-order valence-electron chi connectivity index (χ0n) is 10.5. The Morgan fingerprint density at radius 1 is 1.53 bits per heavy atom. The first-order chi connectivity index (χ1) is 8.33. The molecule has 1 aromatic heterocycles. The van der Waals surface area contributed by atoms with Crippen molar-refractivity contribution >= 4 is 5.96 Å². The minimum Gasteiger partial charge on any atom is -0.356 e. The summed E-state index contributed by atoms with van der Waals surface area (Å²) in [4.78, 5) is 4.18. The summed E-state index contributed by atoms with van der Waals surface area (Å²) in [6.07, 6.45) is 4.43. The zero-order valence-corrected chi connectivity index (χ0v) is 10.5. The summed E-state index contributed by atoms with van der Waals surface area (Å²) in [6.45, 7) is 4.63. The maximum atomic E-state index is 4.18. The highest BCUT2D eigenvalue weighted by atomic mass is 15.3. The fourth-order valence-corrected chi connectivity index (χ4v) is 1.63. The van der Waals surface area contributed by atoms with Crippen LogP contribution in [-0.2, 0) is 13.1 Å². The molecule has 17 heavy (non-hydrogen) atoms. The van der Waals surface area contributed by atoms with Crippen LogP contribution in [0.1, 0.15) is 25.6 Å². The van der Waals surface area contributed by atoms with E-state index in [1.165, 1.54) is 12.8 Å². The molecule has 0 aliphatic heterocycles. The van der Waals surface area contributed by atoms with Crippen LogP contribution in [0, 0.1) is 5.92 Å². The summed E-state index contributed by atoms with van der Waals surface area (Å²) in [7, 11) is 1.78. The molecule has 0 bridgehead atoms. The second kappa shape index (κ2) is 5.65. The standard InChI is InChI=1S/C11H20N6/c1-3-17-8-15-16-10(17)7-14-11(12-2)13-6-9-4-5-9/h8-9H,3-7H2,1-2H3,(H2,12,13,14). The van der Waals surface area contributed by atoms with Crippen LogP contribution in [-0.4, -0.2) is 34.3 Å². The maximum Gasteiger partial charge on any atom is 0.191 e. The Morgan fingerprint density at radius 2 is 2.35 bits per heavy atom. The summed E-state index contributed by atoms with van der Waals surface area (Å²) in [5.74, 6) is 2.61. The Morgan fingerprint density at radius 3 is 3.00 bits per heavy atom. The normalized spacial score (nSPS) is 16.0. The molecule has 0 unspecified atom stereocenters. The van der Waals surface area contributed by atoms with E-state index >= 15 is 0 Å². The summed E-state index contributed by atoms with van der Waals surface area (Å²) < 4.78 is 2.02. The Balaban J connectivity index is 1.78. The lowest BCUT2D eigenvalue weighted by molar-refractivity contribution is 0.665. The Hall–Kier alpha value is -1.59. The van der Waals surface area contributed by atoms with Gasteiger partial charge in [0.15, 0.2) is 11.8 Å². The molecular formula is C11H20N6. The van der Waals surface area contributed by atoms with Crippen molar-refractivity contribution in [1.29, 1.82) is 0 Å². The van der Waals surface area contributed by atoms with Gasteiger partial charge in [0.25, 0.3) is 0 Å². The Labute approximate surface area is 102 Å². The predicted octanol–water partition coefficient (Wildman–Crippen LogP) is 0.373. The quantitative estimate of drug-likeness (QED) is 0.572. The first-order valence-corrected chi connectivity index (χ1v) is 6.14. The molecule has 0 amide bonds. The van der Waals surface area contributed by atoms with E-state index in [9.17, 15) is 0 Å². The number of aryl methyl sites for hydroxylation is 1. The maximum absolute atomic E-state index is 4.18. The molecule has 6 heteroatoms. The first kappa shape index (κ1) is 11.9. The zero-order chi connectivity index (χ0) is 12.1. The van der Waals surface area contributed by atoms with Crippen molar-refractivity contribution in [3.05, 3.63) is 12.2 Å². The third-order valence-corrected chi connectivity index (χ3v) is 2.93. The number of hydrogen-bond acceptors (Lipinski definition) is 3. The molecule has 0 spiro atoms. The van der Waals surface area contributed by atoms with Gasteiger partial charge in [-0.2, -0.15) is 0 Å². The van der Waals surface area contributed by atoms with Gasteiger partial charge in [0.1, 0.15) is 6.33 Å². The van der Waals surface area contributed by atoms with Gasteiger partial charge in [-0.3, -0.25) is 4.99 Å². The molecule has 2 rings (SSSR count). The van der Waals surface area contributed by atoms with Crippen LogP contribution in [0.3, 0.4) is 0 Å². The smallest absolute Gasteiger partial charge is 0.191 e. The third-order valence-electron chi connectivity index (χ3n) is 2.93. The fourth-order valence-electron chi connectivity index (χ4n) is 1.63. The van der Waals surface area contributed by atoms with E-state index in [2.05, 4.69) is 32.7 Å². The molecule has 1 aliphatic rings. The largest absolute Gasteiger partial charge is 0.356 e. The number of aromatic nitrogens is 3. The van der Waals surface area contributed by atoms with Crippen molar-refractivity contribution in [3.8, 4) is 0 Å². The van der Waals surface area contributed by atoms with Crippen LogP contribution >= 0.6 is 0 Å². The minimum absolute atomic E-state index is 0.651. The molecule has 0 saturated heterocycles. The molecule has 1 aromatic rings. The molecule has 1 aliphatic carbocycles. The van der Waals surface area contributed by atoms with Gasteiger partial charge >= 0.3 is 0 Å². The molecule has 1 saturated carbocycles. The number of guanidine groups is 1. The van der Waals surface area contributed by atoms with Gasteiger partial charge in [-0.1, -0.05) is 0 Å². The van der Waals surface area contributed by atoms with Gasteiger partial charge in [-0.15, -0.1) is 10.2 Å². The number of nitrogens with one attached hydrogen (secondary N) is 2. The van der Waals surface area contributed by atoms with E-state index in [-0.39, 0.29) is 0 Å². The average Bonchev–Trinajstić information content (AvgIpc) is 3.07. The molecule has 0 aromatic carbocycles. The third kappa shape index (κ3) is 3.44. The van der Waals surface area contributed by atoms with Crippen LogP contribution in [0.15, 0.2) is 11.3 Å². The van der Waals surface area contributed by atoms with Gasteiger partial charge in [0.05, 0.1) is 6.54 Å². The van der Waals surface area contributed by atoms with Crippen LogP contribution in [0.5, 0.6) is 0 Å². The average molecular weight is 236 g/mol. The summed E-state index contributed by atoms with van der Waals surface area (Å²) in [5.41, 5.74) is 0. The van der Waals surface area contributed by atoms with Gasteiger partial charge in [0.2, 0.25) is 0 Å². The number of hydrogen-bond donors (Lipinski definition) is 2.